The number of nitrogens with zero attached hydrogens (tertiary/aromatic N) is 1. The smallest absolute Gasteiger partial charge is 0.287 e. The number of rotatable bonds is 4. The third kappa shape index (κ3) is 3.85. The van der Waals surface area contributed by atoms with Gasteiger partial charge < -0.3 is 4.74 Å². The molecule has 0 spiro atoms. The molecule has 0 amide bonds. The predicted octanol–water partition coefficient (Wildman–Crippen LogP) is 5.23. The highest BCUT2D eigenvalue weighted by Crippen LogP contribution is 2.39. The molecule has 0 radical (unpaired) electrons. The fraction of sp³-hybridized carbons (Fsp3) is 0.294. The molecule has 0 aliphatic heterocycles. The van der Waals surface area contributed by atoms with E-state index in [0.717, 1.165) is 11.1 Å². The third-order valence-corrected chi connectivity index (χ3v) is 3.93. The molecule has 0 saturated carbocycles. The second-order valence-electron chi connectivity index (χ2n) is 6.08. The van der Waals surface area contributed by atoms with Crippen LogP contribution in [0.3, 0.4) is 0 Å². The molecule has 0 saturated heterocycles. The van der Waals surface area contributed by atoms with Crippen LogP contribution in [0.4, 0.5) is 5.69 Å². The van der Waals surface area contributed by atoms with Crippen molar-refractivity contribution in [2.45, 2.75) is 32.8 Å². The molecule has 4 nitrogen and oxygen atoms in total. The Kier molecular flexibility index (Phi) is 4.86. The van der Waals surface area contributed by atoms with Crippen LogP contribution in [0.15, 0.2) is 46.9 Å². The monoisotopic (exact) mass is 363 g/mol. The zero-order chi connectivity index (χ0) is 16.3. The van der Waals surface area contributed by atoms with Crippen LogP contribution < -0.4 is 4.74 Å². The van der Waals surface area contributed by atoms with E-state index in [0.29, 0.717) is 16.8 Å². The normalized spacial score (nSPS) is 11.3. The van der Waals surface area contributed by atoms with Crippen molar-refractivity contribution in [3.8, 4) is 5.75 Å². The van der Waals surface area contributed by atoms with E-state index in [-0.39, 0.29) is 11.1 Å². The van der Waals surface area contributed by atoms with Crippen LogP contribution in [0.2, 0.25) is 0 Å². The van der Waals surface area contributed by atoms with Crippen molar-refractivity contribution < 1.29 is 9.66 Å². The maximum Gasteiger partial charge on any atom is 0.287 e. The number of halogens is 1. The van der Waals surface area contributed by atoms with Gasteiger partial charge in [-0.3, -0.25) is 10.1 Å². The van der Waals surface area contributed by atoms with Crippen LogP contribution in [0, 0.1) is 10.1 Å². The number of hydrogen-bond acceptors (Lipinski definition) is 3. The Labute approximate surface area is 138 Å². The number of hydrogen-bond donors (Lipinski definition) is 0. The summed E-state index contributed by atoms with van der Waals surface area (Å²) >= 11 is 3.27. The second-order valence-corrected chi connectivity index (χ2v) is 6.94. The van der Waals surface area contributed by atoms with Crippen molar-refractivity contribution in [2.75, 3.05) is 0 Å². The van der Waals surface area contributed by atoms with Crippen LogP contribution in [0.25, 0.3) is 0 Å². The molecule has 0 aromatic heterocycles. The highest BCUT2D eigenvalue weighted by Gasteiger charge is 2.24. The lowest BCUT2D eigenvalue weighted by atomic mass is 9.86. The molecule has 0 atom stereocenters. The Balaban J connectivity index is 2.38. The predicted molar refractivity (Wildman–Crippen MR) is 90.3 cm³/mol. The summed E-state index contributed by atoms with van der Waals surface area (Å²) in [4.78, 5) is 10.7. The van der Waals surface area contributed by atoms with E-state index in [1.165, 1.54) is 6.07 Å². The first kappa shape index (κ1) is 16.5. The minimum absolute atomic E-state index is 0.0102. The Hall–Kier alpha value is -1.88. The van der Waals surface area contributed by atoms with Gasteiger partial charge in [-0.1, -0.05) is 51.1 Å². The first-order chi connectivity index (χ1) is 10.3. The van der Waals surface area contributed by atoms with Gasteiger partial charge in [0.25, 0.3) is 5.69 Å². The summed E-state index contributed by atoms with van der Waals surface area (Å²) in [5.41, 5.74) is 1.79. The van der Waals surface area contributed by atoms with Gasteiger partial charge in [0.05, 0.1) is 15.5 Å². The lowest BCUT2D eigenvalue weighted by Gasteiger charge is -2.23. The van der Waals surface area contributed by atoms with E-state index < -0.39 is 4.92 Å². The minimum Gasteiger partial charge on any atom is -0.488 e. The van der Waals surface area contributed by atoms with Gasteiger partial charge in [0.15, 0.2) is 0 Å². The van der Waals surface area contributed by atoms with Gasteiger partial charge in [0.2, 0.25) is 0 Å². The first-order valence-corrected chi connectivity index (χ1v) is 7.73. The van der Waals surface area contributed by atoms with Gasteiger partial charge in [0, 0.05) is 5.56 Å². The summed E-state index contributed by atoms with van der Waals surface area (Å²) in [6.45, 7) is 6.53. The van der Waals surface area contributed by atoms with Crippen molar-refractivity contribution in [3.05, 3.63) is 68.2 Å². The van der Waals surface area contributed by atoms with Crippen LogP contribution in [0.1, 0.15) is 31.9 Å². The van der Waals surface area contributed by atoms with Gasteiger partial charge in [-0.15, -0.1) is 0 Å². The molecule has 0 unspecified atom stereocenters. The number of nitro benzene ring substituents is 1. The van der Waals surface area contributed by atoms with E-state index >= 15 is 0 Å². The SMILES string of the molecule is CC(C)(C)c1cc(Br)c([N+](=O)[O-])cc1OCc1ccccc1. The van der Waals surface area contributed by atoms with E-state index in [1.807, 2.05) is 30.3 Å². The van der Waals surface area contributed by atoms with E-state index in [1.54, 1.807) is 6.07 Å². The van der Waals surface area contributed by atoms with Gasteiger partial charge in [-0.05, 0) is 33.0 Å². The molecule has 2 aromatic carbocycles. The van der Waals surface area contributed by atoms with Crippen LogP contribution >= 0.6 is 15.9 Å². The van der Waals surface area contributed by atoms with Crippen molar-refractivity contribution in [2.24, 2.45) is 0 Å². The number of nitro groups is 1. The maximum absolute atomic E-state index is 11.1. The summed E-state index contributed by atoms with van der Waals surface area (Å²) < 4.78 is 6.34. The Morgan fingerprint density at radius 1 is 1.18 bits per heavy atom. The number of benzene rings is 2. The first-order valence-electron chi connectivity index (χ1n) is 6.94. The molecular formula is C17H18BrNO3. The Morgan fingerprint density at radius 3 is 2.36 bits per heavy atom. The molecule has 0 aliphatic carbocycles. The second kappa shape index (κ2) is 6.48. The molecule has 0 bridgehead atoms. The molecule has 116 valence electrons. The average Bonchev–Trinajstić information content (AvgIpc) is 2.45. The summed E-state index contributed by atoms with van der Waals surface area (Å²) in [7, 11) is 0. The van der Waals surface area contributed by atoms with Crippen LogP contribution in [-0.4, -0.2) is 4.92 Å². The summed E-state index contributed by atoms with van der Waals surface area (Å²) in [6, 6.07) is 13.0. The molecule has 2 rings (SSSR count). The average molecular weight is 364 g/mol. The molecular weight excluding hydrogens is 346 g/mol. The lowest BCUT2D eigenvalue weighted by Crippen LogP contribution is -2.14. The zero-order valence-corrected chi connectivity index (χ0v) is 14.4. The van der Waals surface area contributed by atoms with E-state index in [9.17, 15) is 10.1 Å². The third-order valence-electron chi connectivity index (χ3n) is 3.29. The molecule has 22 heavy (non-hydrogen) atoms. The molecule has 0 N–H and O–H groups in total. The van der Waals surface area contributed by atoms with Gasteiger partial charge in [0.1, 0.15) is 12.4 Å². The van der Waals surface area contributed by atoms with Crippen LogP contribution in [0.5, 0.6) is 5.75 Å². The van der Waals surface area contributed by atoms with E-state index in [2.05, 4.69) is 36.7 Å². The van der Waals surface area contributed by atoms with Gasteiger partial charge in [-0.25, -0.2) is 0 Å². The quantitative estimate of drug-likeness (QED) is 0.551. The molecule has 2 aromatic rings. The van der Waals surface area contributed by atoms with Gasteiger partial charge in [-0.2, -0.15) is 0 Å². The van der Waals surface area contributed by atoms with Crippen molar-refractivity contribution in [3.63, 3.8) is 0 Å². The number of ether oxygens (including phenoxy) is 1. The topological polar surface area (TPSA) is 52.4 Å². The largest absolute Gasteiger partial charge is 0.488 e. The fourth-order valence-corrected chi connectivity index (χ4v) is 2.61. The Morgan fingerprint density at radius 2 is 1.82 bits per heavy atom. The van der Waals surface area contributed by atoms with E-state index in [4.69, 9.17) is 4.74 Å². The standard InChI is InChI=1S/C17H18BrNO3/c1-17(2,3)13-9-14(18)15(19(20)21)10-16(13)22-11-12-7-5-4-6-8-12/h4-10H,11H2,1-3H3. The van der Waals surface area contributed by atoms with Crippen molar-refractivity contribution in [1.82, 2.24) is 0 Å². The highest BCUT2D eigenvalue weighted by molar-refractivity contribution is 9.10. The van der Waals surface area contributed by atoms with Gasteiger partial charge >= 0.3 is 0 Å². The highest BCUT2D eigenvalue weighted by atomic mass is 79.9. The molecule has 0 heterocycles. The molecule has 0 fully saturated rings. The molecule has 5 heteroatoms. The zero-order valence-electron chi connectivity index (χ0n) is 12.8. The summed E-state index contributed by atoms with van der Waals surface area (Å²) in [5, 5.41) is 11.1. The molecule has 0 aliphatic rings. The Bertz CT molecular complexity index is 678. The van der Waals surface area contributed by atoms with Crippen molar-refractivity contribution >= 4 is 21.6 Å². The summed E-state index contributed by atoms with van der Waals surface area (Å²) in [5.74, 6) is 0.547. The summed E-state index contributed by atoms with van der Waals surface area (Å²) in [6.07, 6.45) is 0. The fourth-order valence-electron chi connectivity index (χ4n) is 2.12. The van der Waals surface area contributed by atoms with Crippen LogP contribution in [-0.2, 0) is 12.0 Å². The maximum atomic E-state index is 11.1. The van der Waals surface area contributed by atoms with Crippen molar-refractivity contribution in [1.29, 1.82) is 0 Å². The minimum atomic E-state index is -0.411. The lowest BCUT2D eigenvalue weighted by molar-refractivity contribution is -0.385.